The lowest BCUT2D eigenvalue weighted by atomic mass is 10.2. The zero-order valence-electron chi connectivity index (χ0n) is 13.4. The van der Waals surface area contributed by atoms with Crippen molar-refractivity contribution in [3.63, 3.8) is 0 Å². The molecule has 3 rings (SSSR count). The van der Waals surface area contributed by atoms with Crippen LogP contribution in [0.5, 0.6) is 0 Å². The third-order valence-corrected chi connectivity index (χ3v) is 4.00. The Morgan fingerprint density at radius 1 is 1.20 bits per heavy atom. The molecule has 0 aliphatic rings. The van der Waals surface area contributed by atoms with Crippen LogP contribution >= 0.6 is 11.6 Å². The average Bonchev–Trinajstić information content (AvgIpc) is 3.07. The molecule has 0 aliphatic heterocycles. The Bertz CT molecular complexity index is 864. The van der Waals surface area contributed by atoms with E-state index in [1.165, 1.54) is 21.8 Å². The molecule has 2 aromatic carbocycles. The van der Waals surface area contributed by atoms with Gasteiger partial charge in [0.25, 0.3) is 0 Å². The van der Waals surface area contributed by atoms with Gasteiger partial charge in [-0.25, -0.2) is 4.39 Å². The first-order chi connectivity index (χ1) is 12.0. The molecule has 0 fully saturated rings. The highest BCUT2D eigenvalue weighted by molar-refractivity contribution is 6.31. The molecular formula is C17H15ClFN5O. The minimum Gasteiger partial charge on any atom is -0.340 e. The third-order valence-electron chi connectivity index (χ3n) is 3.64. The van der Waals surface area contributed by atoms with Crippen LogP contribution in [0.1, 0.15) is 5.56 Å². The second kappa shape index (κ2) is 7.40. The summed E-state index contributed by atoms with van der Waals surface area (Å²) in [5.41, 5.74) is 1.09. The van der Waals surface area contributed by atoms with Gasteiger partial charge >= 0.3 is 0 Å². The van der Waals surface area contributed by atoms with Crippen molar-refractivity contribution in [3.8, 4) is 11.4 Å². The van der Waals surface area contributed by atoms with E-state index < -0.39 is 5.82 Å². The van der Waals surface area contributed by atoms with Gasteiger partial charge in [-0.3, -0.25) is 4.79 Å². The monoisotopic (exact) mass is 359 g/mol. The molecule has 1 aromatic heterocycles. The Morgan fingerprint density at radius 2 is 1.96 bits per heavy atom. The van der Waals surface area contributed by atoms with Crippen LogP contribution in [0.3, 0.4) is 0 Å². The molecule has 25 heavy (non-hydrogen) atoms. The number of carbonyl (C=O) groups excluding carboxylic acids is 1. The van der Waals surface area contributed by atoms with Crippen molar-refractivity contribution in [2.75, 3.05) is 7.05 Å². The molecule has 0 atom stereocenters. The first kappa shape index (κ1) is 17.0. The minimum absolute atomic E-state index is 0.0601. The zero-order chi connectivity index (χ0) is 17.8. The van der Waals surface area contributed by atoms with E-state index in [4.69, 9.17) is 11.6 Å². The van der Waals surface area contributed by atoms with E-state index in [-0.39, 0.29) is 29.6 Å². The Kier molecular flexibility index (Phi) is 5.04. The van der Waals surface area contributed by atoms with E-state index in [0.717, 1.165) is 5.56 Å². The Labute approximate surface area is 148 Å². The molecule has 0 unspecified atom stereocenters. The van der Waals surface area contributed by atoms with Crippen molar-refractivity contribution in [2.45, 2.75) is 13.1 Å². The Morgan fingerprint density at radius 3 is 2.68 bits per heavy atom. The molecule has 0 N–H and O–H groups in total. The molecule has 1 amide bonds. The van der Waals surface area contributed by atoms with Gasteiger partial charge in [-0.2, -0.15) is 4.80 Å². The number of aromatic nitrogens is 4. The van der Waals surface area contributed by atoms with Crippen LogP contribution < -0.4 is 0 Å². The quantitative estimate of drug-likeness (QED) is 0.702. The molecule has 0 saturated carbocycles. The van der Waals surface area contributed by atoms with Crippen molar-refractivity contribution in [2.24, 2.45) is 0 Å². The number of benzene rings is 2. The lowest BCUT2D eigenvalue weighted by Gasteiger charge is -2.18. The summed E-state index contributed by atoms with van der Waals surface area (Å²) in [5.74, 6) is -0.290. The first-order valence-electron chi connectivity index (χ1n) is 7.54. The van der Waals surface area contributed by atoms with Crippen molar-refractivity contribution in [1.29, 1.82) is 0 Å². The predicted octanol–water partition coefficient (Wildman–Crippen LogP) is 2.79. The lowest BCUT2D eigenvalue weighted by Crippen LogP contribution is -2.31. The maximum atomic E-state index is 13.8. The number of rotatable bonds is 5. The van der Waals surface area contributed by atoms with Crippen molar-refractivity contribution in [3.05, 3.63) is 64.9 Å². The predicted molar refractivity (Wildman–Crippen MR) is 91.1 cm³/mol. The maximum Gasteiger partial charge on any atom is 0.246 e. The van der Waals surface area contributed by atoms with Crippen molar-refractivity contribution >= 4 is 17.5 Å². The fourth-order valence-electron chi connectivity index (χ4n) is 2.26. The van der Waals surface area contributed by atoms with Gasteiger partial charge < -0.3 is 4.90 Å². The fraction of sp³-hybridized carbons (Fsp3) is 0.176. The van der Waals surface area contributed by atoms with E-state index in [0.29, 0.717) is 5.82 Å². The van der Waals surface area contributed by atoms with Gasteiger partial charge in [0.2, 0.25) is 11.7 Å². The standard InChI is InChI=1S/C17H15ClFN5O/c1-23(10-13-14(18)8-5-9-15(13)19)16(25)11-24-21-17(20-22-24)12-6-3-2-4-7-12/h2-9H,10-11H2,1H3. The lowest BCUT2D eigenvalue weighted by molar-refractivity contribution is -0.131. The number of halogens is 2. The SMILES string of the molecule is CN(Cc1c(F)cccc1Cl)C(=O)Cn1nnc(-c2ccccc2)n1. The van der Waals surface area contributed by atoms with Crippen LogP contribution in [0.25, 0.3) is 11.4 Å². The van der Waals surface area contributed by atoms with Crippen LogP contribution in [-0.2, 0) is 17.9 Å². The second-order valence-corrected chi connectivity index (χ2v) is 5.87. The van der Waals surface area contributed by atoms with Crippen molar-refractivity contribution in [1.82, 2.24) is 25.1 Å². The Balaban J connectivity index is 1.67. The molecule has 0 radical (unpaired) electrons. The largest absolute Gasteiger partial charge is 0.340 e. The molecule has 8 heteroatoms. The molecule has 1 heterocycles. The van der Waals surface area contributed by atoms with Crippen LogP contribution in [0, 0.1) is 5.82 Å². The average molecular weight is 360 g/mol. The van der Waals surface area contributed by atoms with Gasteiger partial charge in [-0.1, -0.05) is 48.0 Å². The Hall–Kier alpha value is -2.80. The van der Waals surface area contributed by atoms with E-state index in [9.17, 15) is 9.18 Å². The molecule has 0 spiro atoms. The number of amides is 1. The third kappa shape index (κ3) is 4.00. The highest BCUT2D eigenvalue weighted by Gasteiger charge is 2.16. The first-order valence-corrected chi connectivity index (χ1v) is 7.92. The summed E-state index contributed by atoms with van der Waals surface area (Å²) in [6, 6.07) is 13.8. The minimum atomic E-state index is -0.447. The maximum absolute atomic E-state index is 13.8. The number of hydrogen-bond acceptors (Lipinski definition) is 4. The summed E-state index contributed by atoms with van der Waals surface area (Å²) in [4.78, 5) is 14.9. The summed E-state index contributed by atoms with van der Waals surface area (Å²) in [7, 11) is 1.57. The molecular weight excluding hydrogens is 345 g/mol. The van der Waals surface area contributed by atoms with E-state index in [1.807, 2.05) is 30.3 Å². The molecule has 3 aromatic rings. The number of carbonyl (C=O) groups is 1. The summed E-state index contributed by atoms with van der Waals surface area (Å²) < 4.78 is 13.8. The van der Waals surface area contributed by atoms with Crippen molar-refractivity contribution < 1.29 is 9.18 Å². The van der Waals surface area contributed by atoms with Gasteiger partial charge in [0, 0.05) is 29.7 Å². The number of nitrogens with zero attached hydrogens (tertiary/aromatic N) is 5. The molecule has 0 saturated heterocycles. The van der Waals surface area contributed by atoms with Gasteiger partial charge in [-0.05, 0) is 17.3 Å². The molecule has 0 aliphatic carbocycles. The summed E-state index contributed by atoms with van der Waals surface area (Å²) in [5, 5.41) is 12.3. The van der Waals surface area contributed by atoms with E-state index >= 15 is 0 Å². The van der Waals surface area contributed by atoms with Crippen LogP contribution in [0.2, 0.25) is 5.02 Å². The molecule has 6 nitrogen and oxygen atoms in total. The van der Waals surface area contributed by atoms with Crippen LogP contribution in [0.15, 0.2) is 48.5 Å². The van der Waals surface area contributed by atoms with E-state index in [1.54, 1.807) is 13.1 Å². The number of tetrazole rings is 1. The summed E-state index contributed by atoms with van der Waals surface area (Å²) in [6.45, 7) is -0.0347. The van der Waals surface area contributed by atoms with Gasteiger partial charge in [-0.15, -0.1) is 10.2 Å². The normalized spacial score (nSPS) is 10.7. The number of hydrogen-bond donors (Lipinski definition) is 0. The van der Waals surface area contributed by atoms with Gasteiger partial charge in [0.15, 0.2) is 0 Å². The topological polar surface area (TPSA) is 63.9 Å². The van der Waals surface area contributed by atoms with Gasteiger partial charge in [0.1, 0.15) is 12.4 Å². The second-order valence-electron chi connectivity index (χ2n) is 5.46. The van der Waals surface area contributed by atoms with E-state index in [2.05, 4.69) is 15.4 Å². The smallest absolute Gasteiger partial charge is 0.246 e. The zero-order valence-corrected chi connectivity index (χ0v) is 14.2. The number of likely N-dealkylation sites (N-methyl/N-ethyl adjacent to an activating group) is 1. The molecule has 0 bridgehead atoms. The summed E-state index contributed by atoms with van der Waals surface area (Å²) >= 11 is 5.99. The van der Waals surface area contributed by atoms with Gasteiger partial charge in [0.05, 0.1) is 0 Å². The van der Waals surface area contributed by atoms with Crippen LogP contribution in [-0.4, -0.2) is 38.1 Å². The highest BCUT2D eigenvalue weighted by atomic mass is 35.5. The molecule has 128 valence electrons. The van der Waals surface area contributed by atoms with Crippen LogP contribution in [0.4, 0.5) is 4.39 Å². The fourth-order valence-corrected chi connectivity index (χ4v) is 2.49. The highest BCUT2D eigenvalue weighted by Crippen LogP contribution is 2.20. The summed E-state index contributed by atoms with van der Waals surface area (Å²) in [6.07, 6.45) is 0.